The second kappa shape index (κ2) is 9.64. The van der Waals surface area contributed by atoms with Crippen LogP contribution in [-0.2, 0) is 18.3 Å². The summed E-state index contributed by atoms with van der Waals surface area (Å²) in [4.78, 5) is 8.86. The van der Waals surface area contributed by atoms with Gasteiger partial charge in [0, 0.05) is 37.4 Å². The van der Waals surface area contributed by atoms with Gasteiger partial charge in [-0.3, -0.25) is 4.99 Å². The van der Waals surface area contributed by atoms with Crippen LogP contribution in [0, 0.1) is 5.82 Å². The number of nitrogens with one attached hydrogen (secondary N) is 2. The Balaban J connectivity index is 0.00000243. The lowest BCUT2D eigenvalue weighted by atomic mass is 9.96. The minimum absolute atomic E-state index is 0. The van der Waals surface area contributed by atoms with Gasteiger partial charge < -0.3 is 10.6 Å². The van der Waals surface area contributed by atoms with Crippen LogP contribution in [0.25, 0.3) is 0 Å². The van der Waals surface area contributed by atoms with E-state index in [1.54, 1.807) is 30.5 Å². The van der Waals surface area contributed by atoms with Crippen molar-refractivity contribution in [3.8, 4) is 0 Å². The van der Waals surface area contributed by atoms with Gasteiger partial charge in [-0.2, -0.15) is 0 Å². The minimum atomic E-state index is -0.166. The molecule has 4 nitrogen and oxygen atoms in total. The molecule has 0 radical (unpaired) electrons. The highest BCUT2D eigenvalue weighted by atomic mass is 127. The van der Waals surface area contributed by atoms with E-state index in [9.17, 15) is 4.39 Å². The molecule has 0 aliphatic heterocycles. The van der Waals surface area contributed by atoms with Crippen LogP contribution in [0.1, 0.15) is 36.0 Å². The van der Waals surface area contributed by atoms with Gasteiger partial charge in [0.2, 0.25) is 0 Å². The molecule has 1 saturated carbocycles. The Labute approximate surface area is 175 Å². The minimum Gasteiger partial charge on any atom is -0.356 e. The van der Waals surface area contributed by atoms with Crippen molar-refractivity contribution in [3.63, 3.8) is 0 Å². The van der Waals surface area contributed by atoms with Gasteiger partial charge in [-0.25, -0.2) is 9.37 Å². The summed E-state index contributed by atoms with van der Waals surface area (Å²) in [6.07, 6.45) is 4.04. The number of aliphatic imine (C=N–C) groups is 1. The van der Waals surface area contributed by atoms with E-state index in [4.69, 9.17) is 0 Å². The number of halogens is 2. The Morgan fingerprint density at radius 1 is 1.35 bits per heavy atom. The summed E-state index contributed by atoms with van der Waals surface area (Å²) >= 11 is 1.72. The van der Waals surface area contributed by atoms with Gasteiger partial charge in [0.05, 0.1) is 10.7 Å². The lowest BCUT2D eigenvalue weighted by molar-refractivity contribution is 0.607. The molecular weight excluding hydrogens is 462 g/mol. The van der Waals surface area contributed by atoms with Gasteiger partial charge in [0.1, 0.15) is 5.82 Å². The zero-order valence-electron chi connectivity index (χ0n) is 15.2. The van der Waals surface area contributed by atoms with Crippen LogP contribution in [0.3, 0.4) is 0 Å². The summed E-state index contributed by atoms with van der Waals surface area (Å²) < 4.78 is 13.5. The number of rotatable bonds is 7. The molecule has 0 amide bonds. The molecule has 1 aromatic heterocycles. The topological polar surface area (TPSA) is 49.3 Å². The second-order valence-corrected chi connectivity index (χ2v) is 7.42. The van der Waals surface area contributed by atoms with Crippen LogP contribution in [0.15, 0.2) is 34.6 Å². The highest BCUT2D eigenvalue weighted by Gasteiger charge is 2.44. The van der Waals surface area contributed by atoms with E-state index in [1.165, 1.54) is 11.1 Å². The zero-order chi connectivity index (χ0) is 17.7. The SMILES string of the molecule is CCc1nc(CCNC(=NC)NCC2(c3cccc(F)c3)CC2)cs1.I. The van der Waals surface area contributed by atoms with E-state index in [0.29, 0.717) is 0 Å². The molecule has 2 aromatic rings. The van der Waals surface area contributed by atoms with Crippen LogP contribution in [0.4, 0.5) is 4.39 Å². The smallest absolute Gasteiger partial charge is 0.191 e. The number of nitrogens with zero attached hydrogens (tertiary/aromatic N) is 2. The summed E-state index contributed by atoms with van der Waals surface area (Å²) in [5.74, 6) is 0.620. The number of guanidine groups is 1. The van der Waals surface area contributed by atoms with E-state index in [2.05, 4.69) is 32.9 Å². The second-order valence-electron chi connectivity index (χ2n) is 6.48. The van der Waals surface area contributed by atoms with Crippen molar-refractivity contribution in [1.82, 2.24) is 15.6 Å². The third-order valence-corrected chi connectivity index (χ3v) is 5.73. The molecular formula is C19H26FIN4S. The standard InChI is InChI=1S/C19H25FN4S.HI/c1-3-17-24-16(12-25-17)7-10-22-18(21-2)23-13-19(8-9-19)14-5-4-6-15(20)11-14;/h4-6,11-12H,3,7-10,13H2,1-2H3,(H2,21,22,23);1H. The number of thiazole rings is 1. The molecule has 1 aromatic carbocycles. The van der Waals surface area contributed by atoms with E-state index >= 15 is 0 Å². The van der Waals surface area contributed by atoms with Crippen molar-refractivity contribution in [1.29, 1.82) is 0 Å². The van der Waals surface area contributed by atoms with Crippen LogP contribution in [0.5, 0.6) is 0 Å². The van der Waals surface area contributed by atoms with Crippen LogP contribution >= 0.6 is 35.3 Å². The fourth-order valence-corrected chi connectivity index (χ4v) is 3.72. The Morgan fingerprint density at radius 2 is 2.15 bits per heavy atom. The fourth-order valence-electron chi connectivity index (χ4n) is 2.95. The Morgan fingerprint density at radius 3 is 2.77 bits per heavy atom. The number of hydrogen-bond donors (Lipinski definition) is 2. The number of aryl methyl sites for hydroxylation is 1. The highest BCUT2D eigenvalue weighted by molar-refractivity contribution is 14.0. The number of hydrogen-bond acceptors (Lipinski definition) is 3. The van der Waals surface area contributed by atoms with Crippen molar-refractivity contribution in [3.05, 3.63) is 51.7 Å². The molecule has 7 heteroatoms. The molecule has 0 saturated heterocycles. The Hall–Kier alpha value is -1.22. The third-order valence-electron chi connectivity index (χ3n) is 4.68. The van der Waals surface area contributed by atoms with Gasteiger partial charge in [0.25, 0.3) is 0 Å². The monoisotopic (exact) mass is 488 g/mol. The van der Waals surface area contributed by atoms with Gasteiger partial charge in [-0.05, 0) is 37.0 Å². The summed E-state index contributed by atoms with van der Waals surface area (Å²) in [5.41, 5.74) is 2.25. The Kier molecular flexibility index (Phi) is 7.82. The first-order chi connectivity index (χ1) is 12.1. The summed E-state index contributed by atoms with van der Waals surface area (Å²) in [6.45, 7) is 3.69. The maximum absolute atomic E-state index is 13.5. The van der Waals surface area contributed by atoms with Crippen molar-refractivity contribution >= 4 is 41.3 Å². The molecule has 0 spiro atoms. The largest absolute Gasteiger partial charge is 0.356 e. The first-order valence-corrected chi connectivity index (χ1v) is 9.67. The highest BCUT2D eigenvalue weighted by Crippen LogP contribution is 2.47. The normalized spacial score (nSPS) is 15.3. The maximum Gasteiger partial charge on any atom is 0.191 e. The molecule has 0 atom stereocenters. The summed E-state index contributed by atoms with van der Waals surface area (Å²) in [6, 6.07) is 6.95. The first-order valence-electron chi connectivity index (χ1n) is 8.79. The van der Waals surface area contributed by atoms with Crippen molar-refractivity contribution < 1.29 is 4.39 Å². The summed E-state index contributed by atoms with van der Waals surface area (Å²) in [5, 5.41) is 10.0. The van der Waals surface area contributed by atoms with Gasteiger partial charge in [-0.1, -0.05) is 19.1 Å². The van der Waals surface area contributed by atoms with Gasteiger partial charge in [0.15, 0.2) is 5.96 Å². The molecule has 1 heterocycles. The zero-order valence-corrected chi connectivity index (χ0v) is 18.4. The van der Waals surface area contributed by atoms with E-state index in [1.807, 2.05) is 6.07 Å². The quantitative estimate of drug-likeness (QED) is 0.353. The average molecular weight is 488 g/mol. The molecule has 1 aliphatic carbocycles. The molecule has 0 unspecified atom stereocenters. The van der Waals surface area contributed by atoms with Crippen LogP contribution in [-0.4, -0.2) is 31.1 Å². The molecule has 1 aliphatic rings. The molecule has 142 valence electrons. The summed E-state index contributed by atoms with van der Waals surface area (Å²) in [7, 11) is 1.77. The molecule has 0 bridgehead atoms. The molecule has 26 heavy (non-hydrogen) atoms. The average Bonchev–Trinajstić information content (AvgIpc) is 3.28. The van der Waals surface area contributed by atoms with Gasteiger partial charge in [-0.15, -0.1) is 35.3 Å². The predicted molar refractivity (Wildman–Crippen MR) is 117 cm³/mol. The van der Waals surface area contributed by atoms with Crippen molar-refractivity contribution in [2.75, 3.05) is 20.1 Å². The molecule has 2 N–H and O–H groups in total. The lowest BCUT2D eigenvalue weighted by Crippen LogP contribution is -2.42. The fraction of sp³-hybridized carbons (Fsp3) is 0.474. The van der Waals surface area contributed by atoms with E-state index in [0.717, 1.165) is 56.0 Å². The van der Waals surface area contributed by atoms with Crippen molar-refractivity contribution in [2.24, 2.45) is 4.99 Å². The Bertz CT molecular complexity index is 743. The van der Waals surface area contributed by atoms with E-state index < -0.39 is 0 Å². The van der Waals surface area contributed by atoms with Gasteiger partial charge >= 0.3 is 0 Å². The van der Waals surface area contributed by atoms with Crippen LogP contribution in [0.2, 0.25) is 0 Å². The first kappa shape index (κ1) is 21.1. The molecule has 3 rings (SSSR count). The molecule has 1 fully saturated rings. The van der Waals surface area contributed by atoms with Crippen LogP contribution < -0.4 is 10.6 Å². The predicted octanol–water partition coefficient (Wildman–Crippen LogP) is 3.90. The van der Waals surface area contributed by atoms with Crippen molar-refractivity contribution in [2.45, 2.75) is 38.0 Å². The number of benzene rings is 1. The maximum atomic E-state index is 13.5. The number of aromatic nitrogens is 1. The van der Waals surface area contributed by atoms with E-state index in [-0.39, 0.29) is 35.2 Å². The lowest BCUT2D eigenvalue weighted by Gasteiger charge is -2.19. The third kappa shape index (κ3) is 5.39.